The number of carbonyl (C=O) groups excluding carboxylic acids is 1. The minimum Gasteiger partial charge on any atom is -0.487 e. The normalized spacial score (nSPS) is 10.5. The van der Waals surface area contributed by atoms with E-state index >= 15 is 0 Å². The zero-order chi connectivity index (χ0) is 18.4. The third-order valence-corrected chi connectivity index (χ3v) is 5.12. The van der Waals surface area contributed by atoms with Gasteiger partial charge in [-0.3, -0.25) is 4.79 Å². The van der Waals surface area contributed by atoms with Crippen molar-refractivity contribution in [1.82, 2.24) is 0 Å². The second-order valence-electron chi connectivity index (χ2n) is 5.68. The number of carbonyl (C=O) groups is 1. The lowest BCUT2D eigenvalue weighted by Gasteiger charge is -2.10. The Hall–Kier alpha value is -2.30. The summed E-state index contributed by atoms with van der Waals surface area (Å²) in [4.78, 5) is 12.7. The van der Waals surface area contributed by atoms with Crippen LogP contribution in [-0.2, 0) is 22.6 Å². The van der Waals surface area contributed by atoms with Crippen LogP contribution in [0.5, 0.6) is 5.75 Å². The van der Waals surface area contributed by atoms with Crippen LogP contribution in [0.3, 0.4) is 0 Å². The van der Waals surface area contributed by atoms with E-state index in [1.807, 2.05) is 60.0 Å². The first-order chi connectivity index (χ1) is 12.7. The fourth-order valence-electron chi connectivity index (χ4n) is 2.56. The van der Waals surface area contributed by atoms with Gasteiger partial charge in [-0.2, -0.15) is 0 Å². The fraction of sp³-hybridized carbons (Fsp3) is 0.190. The van der Waals surface area contributed by atoms with Crippen LogP contribution in [-0.4, -0.2) is 12.6 Å². The molecule has 3 nitrogen and oxygen atoms in total. The van der Waals surface area contributed by atoms with Gasteiger partial charge in [-0.05, 0) is 41.1 Å². The SMILES string of the molecule is CCOC(=O)Cc1ccc(-c2sccc2OCc2ccccc2)cc1Cl. The molecule has 0 aliphatic carbocycles. The summed E-state index contributed by atoms with van der Waals surface area (Å²) in [6.45, 7) is 2.67. The van der Waals surface area contributed by atoms with Gasteiger partial charge in [0.2, 0.25) is 0 Å². The monoisotopic (exact) mass is 386 g/mol. The zero-order valence-electron chi connectivity index (χ0n) is 14.4. The van der Waals surface area contributed by atoms with Crippen LogP contribution in [0.4, 0.5) is 0 Å². The van der Waals surface area contributed by atoms with Crippen LogP contribution in [0.2, 0.25) is 5.02 Å². The molecule has 26 heavy (non-hydrogen) atoms. The van der Waals surface area contributed by atoms with Crippen molar-refractivity contribution in [2.75, 3.05) is 6.61 Å². The number of esters is 1. The molecule has 1 heterocycles. The summed E-state index contributed by atoms with van der Waals surface area (Å²) in [5.41, 5.74) is 2.85. The molecule has 3 rings (SSSR count). The molecule has 2 aromatic carbocycles. The standard InChI is InChI=1S/C21H19ClO3S/c1-2-24-20(23)13-16-8-9-17(12-18(16)22)21-19(10-11-26-21)25-14-15-6-4-3-5-7-15/h3-12H,2,13-14H2,1H3. The molecule has 3 aromatic rings. The minimum absolute atomic E-state index is 0.175. The predicted molar refractivity (Wildman–Crippen MR) is 106 cm³/mol. The van der Waals surface area contributed by atoms with Crippen molar-refractivity contribution in [3.8, 4) is 16.2 Å². The van der Waals surface area contributed by atoms with Gasteiger partial charge in [-0.1, -0.05) is 54.1 Å². The van der Waals surface area contributed by atoms with Gasteiger partial charge in [0.05, 0.1) is 17.9 Å². The number of thiophene rings is 1. The Morgan fingerprint density at radius 2 is 1.92 bits per heavy atom. The summed E-state index contributed by atoms with van der Waals surface area (Å²) in [5.74, 6) is 0.554. The third kappa shape index (κ3) is 4.65. The van der Waals surface area contributed by atoms with E-state index in [9.17, 15) is 4.79 Å². The number of hydrogen-bond donors (Lipinski definition) is 0. The quantitative estimate of drug-likeness (QED) is 0.485. The summed E-state index contributed by atoms with van der Waals surface area (Å²) in [5, 5.41) is 2.55. The first-order valence-corrected chi connectivity index (χ1v) is 9.61. The lowest BCUT2D eigenvalue weighted by molar-refractivity contribution is -0.142. The molecule has 0 saturated heterocycles. The molecule has 0 N–H and O–H groups in total. The van der Waals surface area contributed by atoms with Crippen molar-refractivity contribution < 1.29 is 14.3 Å². The van der Waals surface area contributed by atoms with E-state index in [1.54, 1.807) is 18.3 Å². The molecule has 1 aromatic heterocycles. The van der Waals surface area contributed by atoms with Crippen LogP contribution >= 0.6 is 22.9 Å². The zero-order valence-corrected chi connectivity index (χ0v) is 16.0. The number of benzene rings is 2. The highest BCUT2D eigenvalue weighted by Gasteiger charge is 2.13. The molecule has 0 amide bonds. The van der Waals surface area contributed by atoms with Crippen LogP contribution in [0, 0.1) is 0 Å². The summed E-state index contributed by atoms with van der Waals surface area (Å²) in [6, 6.07) is 17.7. The molecule has 5 heteroatoms. The largest absolute Gasteiger partial charge is 0.487 e. The van der Waals surface area contributed by atoms with E-state index in [4.69, 9.17) is 21.1 Å². The van der Waals surface area contributed by atoms with E-state index in [2.05, 4.69) is 0 Å². The van der Waals surface area contributed by atoms with E-state index in [0.29, 0.717) is 18.2 Å². The second kappa shape index (κ2) is 8.88. The first-order valence-electron chi connectivity index (χ1n) is 8.36. The molecule has 134 valence electrons. The van der Waals surface area contributed by atoms with Gasteiger partial charge in [0.25, 0.3) is 0 Å². The average Bonchev–Trinajstić information content (AvgIpc) is 3.11. The molecule has 0 atom stereocenters. The molecular formula is C21H19ClO3S. The number of rotatable bonds is 7. The summed E-state index contributed by atoms with van der Waals surface area (Å²) in [7, 11) is 0. The first kappa shape index (κ1) is 18.5. The van der Waals surface area contributed by atoms with Crippen molar-refractivity contribution in [1.29, 1.82) is 0 Å². The highest BCUT2D eigenvalue weighted by atomic mass is 35.5. The summed E-state index contributed by atoms with van der Waals surface area (Å²) >= 11 is 7.97. The van der Waals surface area contributed by atoms with Gasteiger partial charge >= 0.3 is 5.97 Å². The van der Waals surface area contributed by atoms with E-state index in [-0.39, 0.29) is 12.4 Å². The highest BCUT2D eigenvalue weighted by Crippen LogP contribution is 2.37. The van der Waals surface area contributed by atoms with E-state index < -0.39 is 0 Å². The molecule has 0 aliphatic rings. The lowest BCUT2D eigenvalue weighted by Crippen LogP contribution is -2.07. The minimum atomic E-state index is -0.273. The van der Waals surface area contributed by atoms with Gasteiger partial charge in [0.1, 0.15) is 12.4 Å². The topological polar surface area (TPSA) is 35.5 Å². The predicted octanol–water partition coefficient (Wildman–Crippen LogP) is 5.75. The van der Waals surface area contributed by atoms with Crippen molar-refractivity contribution in [3.63, 3.8) is 0 Å². The summed E-state index contributed by atoms with van der Waals surface area (Å²) < 4.78 is 11.0. The summed E-state index contributed by atoms with van der Waals surface area (Å²) in [6.07, 6.45) is 0.175. The molecule has 0 spiro atoms. The third-order valence-electron chi connectivity index (χ3n) is 3.82. The van der Waals surface area contributed by atoms with Crippen LogP contribution in [0.25, 0.3) is 10.4 Å². The van der Waals surface area contributed by atoms with Gasteiger partial charge < -0.3 is 9.47 Å². The molecule has 0 fully saturated rings. The second-order valence-corrected chi connectivity index (χ2v) is 7.00. The lowest BCUT2D eigenvalue weighted by atomic mass is 10.1. The van der Waals surface area contributed by atoms with E-state index in [0.717, 1.165) is 27.3 Å². The fourth-order valence-corrected chi connectivity index (χ4v) is 3.64. The molecule has 0 radical (unpaired) electrons. The Bertz CT molecular complexity index is 874. The molecular weight excluding hydrogens is 368 g/mol. The van der Waals surface area contributed by atoms with Crippen LogP contribution < -0.4 is 4.74 Å². The maximum Gasteiger partial charge on any atom is 0.310 e. The van der Waals surface area contributed by atoms with Crippen LogP contribution in [0.1, 0.15) is 18.1 Å². The van der Waals surface area contributed by atoms with Gasteiger partial charge in [-0.25, -0.2) is 0 Å². The Morgan fingerprint density at radius 3 is 2.65 bits per heavy atom. The molecule has 0 aliphatic heterocycles. The maximum absolute atomic E-state index is 11.7. The number of halogens is 1. The Kier molecular flexibility index (Phi) is 6.31. The molecule has 0 bridgehead atoms. The maximum atomic E-state index is 11.7. The van der Waals surface area contributed by atoms with Gasteiger partial charge in [0.15, 0.2) is 0 Å². The number of hydrogen-bond acceptors (Lipinski definition) is 4. The molecule has 0 saturated carbocycles. The number of ether oxygens (including phenoxy) is 2. The Labute approximate surface area is 162 Å². The van der Waals surface area contributed by atoms with E-state index in [1.165, 1.54) is 0 Å². The smallest absolute Gasteiger partial charge is 0.310 e. The Balaban J connectivity index is 1.74. The van der Waals surface area contributed by atoms with Crippen molar-refractivity contribution in [2.24, 2.45) is 0 Å². The van der Waals surface area contributed by atoms with Crippen molar-refractivity contribution in [2.45, 2.75) is 20.0 Å². The Morgan fingerprint density at radius 1 is 1.12 bits per heavy atom. The highest BCUT2D eigenvalue weighted by molar-refractivity contribution is 7.14. The van der Waals surface area contributed by atoms with Crippen molar-refractivity contribution >= 4 is 28.9 Å². The van der Waals surface area contributed by atoms with Crippen LogP contribution in [0.15, 0.2) is 60.0 Å². The van der Waals surface area contributed by atoms with Crippen molar-refractivity contribution in [3.05, 3.63) is 76.1 Å². The molecule has 0 unspecified atom stereocenters. The van der Waals surface area contributed by atoms with Gasteiger partial charge in [-0.15, -0.1) is 11.3 Å². The average molecular weight is 387 g/mol. The van der Waals surface area contributed by atoms with Gasteiger partial charge in [0, 0.05) is 5.02 Å².